The van der Waals surface area contributed by atoms with Gasteiger partial charge < -0.3 is 28.8 Å². The lowest BCUT2D eigenvalue weighted by Gasteiger charge is -2.14. The topological polar surface area (TPSA) is 101 Å². The zero-order valence-corrected chi connectivity index (χ0v) is 35.6. The van der Waals surface area contributed by atoms with E-state index in [0.29, 0.717) is 12.0 Å². The second-order valence-corrected chi connectivity index (χ2v) is 15.8. The van der Waals surface area contributed by atoms with E-state index in [2.05, 4.69) is 60.7 Å². The number of hydrogen-bond acceptors (Lipinski definition) is 7. The molecule has 2 aliphatic carbocycles. The van der Waals surface area contributed by atoms with Crippen molar-refractivity contribution in [1.29, 1.82) is 0 Å². The molecule has 0 fully saturated rings. The monoisotopic (exact) mass is 826 g/mol. The first kappa shape index (κ1) is 41.7. The molecule has 314 valence electrons. The Bertz CT molecular complexity index is 2660. The highest BCUT2D eigenvalue weighted by Crippen LogP contribution is 2.39. The SMILES string of the molecule is COc1cc(/C=C2\CCc3cccc(CCc4ccc(C(=O)O)c(OC(=O)c5ccc(CCc6cccc7c6C(Cc6cc(OC)cc(OC)c6)=CC7)cc5)c4)c32)cc(OC)c1. The van der Waals surface area contributed by atoms with E-state index in [4.69, 9.17) is 23.7 Å². The van der Waals surface area contributed by atoms with Gasteiger partial charge in [-0.25, -0.2) is 9.59 Å². The molecule has 0 aromatic heterocycles. The van der Waals surface area contributed by atoms with Crippen molar-refractivity contribution >= 4 is 29.2 Å². The minimum atomic E-state index is -1.16. The van der Waals surface area contributed by atoms with Crippen molar-refractivity contribution in [3.05, 3.63) is 188 Å². The predicted molar refractivity (Wildman–Crippen MR) is 243 cm³/mol. The second kappa shape index (κ2) is 18.7. The fourth-order valence-electron chi connectivity index (χ4n) is 8.77. The first-order valence-corrected chi connectivity index (χ1v) is 21.0. The molecule has 0 amide bonds. The zero-order chi connectivity index (χ0) is 43.2. The summed E-state index contributed by atoms with van der Waals surface area (Å²) in [6.07, 6.45) is 11.1. The van der Waals surface area contributed by atoms with Gasteiger partial charge in [0.2, 0.25) is 0 Å². The van der Waals surface area contributed by atoms with Gasteiger partial charge in [-0.3, -0.25) is 0 Å². The van der Waals surface area contributed by atoms with Crippen molar-refractivity contribution < 1.29 is 38.4 Å². The maximum Gasteiger partial charge on any atom is 0.343 e. The summed E-state index contributed by atoms with van der Waals surface area (Å²) in [7, 11) is 6.63. The highest BCUT2D eigenvalue weighted by atomic mass is 16.5. The number of benzene rings is 6. The van der Waals surface area contributed by atoms with Crippen molar-refractivity contribution in [1.82, 2.24) is 0 Å². The number of esters is 1. The summed E-state index contributed by atoms with van der Waals surface area (Å²) >= 11 is 0. The number of allylic oxidation sites excluding steroid dienone is 3. The van der Waals surface area contributed by atoms with Crippen molar-refractivity contribution in [3.8, 4) is 28.7 Å². The highest BCUT2D eigenvalue weighted by Gasteiger charge is 2.22. The van der Waals surface area contributed by atoms with Crippen LogP contribution < -0.4 is 23.7 Å². The third-order valence-corrected chi connectivity index (χ3v) is 11.9. The van der Waals surface area contributed by atoms with Gasteiger partial charge in [0.05, 0.1) is 34.0 Å². The van der Waals surface area contributed by atoms with Crippen LogP contribution in [0.4, 0.5) is 0 Å². The Morgan fingerprint density at radius 3 is 1.84 bits per heavy atom. The van der Waals surface area contributed by atoms with E-state index < -0.39 is 11.9 Å². The molecule has 8 rings (SSSR count). The van der Waals surface area contributed by atoms with Gasteiger partial charge in [0.25, 0.3) is 0 Å². The van der Waals surface area contributed by atoms with E-state index in [0.717, 1.165) is 90.2 Å². The summed E-state index contributed by atoms with van der Waals surface area (Å²) in [5.41, 5.74) is 14.6. The molecule has 0 spiro atoms. The molecule has 0 saturated heterocycles. The maximum atomic E-state index is 13.5. The molecular formula is C54H50O8. The van der Waals surface area contributed by atoms with Gasteiger partial charge in [0.15, 0.2) is 0 Å². The van der Waals surface area contributed by atoms with Gasteiger partial charge in [-0.1, -0.05) is 66.7 Å². The van der Waals surface area contributed by atoms with Crippen molar-refractivity contribution in [2.75, 3.05) is 28.4 Å². The molecule has 0 bridgehead atoms. The summed E-state index contributed by atoms with van der Waals surface area (Å²) in [4.78, 5) is 25.8. The van der Waals surface area contributed by atoms with Gasteiger partial charge in [-0.05, 0) is 167 Å². The normalized spacial score (nSPS) is 13.3. The average Bonchev–Trinajstić information content (AvgIpc) is 3.91. The number of hydrogen-bond donors (Lipinski definition) is 1. The highest BCUT2D eigenvalue weighted by molar-refractivity contribution is 5.95. The maximum absolute atomic E-state index is 13.5. The minimum Gasteiger partial charge on any atom is -0.497 e. The zero-order valence-electron chi connectivity index (χ0n) is 35.6. The van der Waals surface area contributed by atoms with E-state index in [1.165, 1.54) is 50.6 Å². The number of methoxy groups -OCH3 is 4. The van der Waals surface area contributed by atoms with Crippen molar-refractivity contribution in [2.24, 2.45) is 0 Å². The summed E-state index contributed by atoms with van der Waals surface area (Å²) in [6, 6.07) is 37.2. The quantitative estimate of drug-likeness (QED) is 0.0761. The largest absolute Gasteiger partial charge is 0.497 e. The van der Waals surface area contributed by atoms with E-state index in [1.807, 2.05) is 36.4 Å². The lowest BCUT2D eigenvalue weighted by molar-refractivity contribution is 0.0681. The van der Waals surface area contributed by atoms with Crippen LogP contribution in [0.25, 0.3) is 17.2 Å². The van der Waals surface area contributed by atoms with Gasteiger partial charge in [-0.2, -0.15) is 0 Å². The van der Waals surface area contributed by atoms with Crippen molar-refractivity contribution in [3.63, 3.8) is 0 Å². The fraction of sp³-hybridized carbons (Fsp3) is 0.222. The van der Waals surface area contributed by atoms with E-state index >= 15 is 0 Å². The molecule has 0 saturated carbocycles. The minimum absolute atomic E-state index is 0.0316. The smallest absolute Gasteiger partial charge is 0.343 e. The molecule has 0 radical (unpaired) electrons. The Labute approximate surface area is 363 Å². The third kappa shape index (κ3) is 9.30. The van der Waals surface area contributed by atoms with Crippen LogP contribution in [0.2, 0.25) is 0 Å². The van der Waals surface area contributed by atoms with Gasteiger partial charge in [0, 0.05) is 12.1 Å². The lowest BCUT2D eigenvalue weighted by atomic mass is 9.91. The van der Waals surface area contributed by atoms with Crippen LogP contribution in [0.15, 0.2) is 121 Å². The summed E-state index contributed by atoms with van der Waals surface area (Å²) in [5.74, 6) is 1.28. The Morgan fingerprint density at radius 2 is 1.19 bits per heavy atom. The number of carboxylic acids is 1. The van der Waals surface area contributed by atoms with Crippen LogP contribution in [0.3, 0.4) is 0 Å². The number of carboxylic acid groups (broad SMARTS) is 1. The Hall–Kier alpha value is -7.06. The molecule has 0 aliphatic heterocycles. The van der Waals surface area contributed by atoms with Crippen LogP contribution >= 0.6 is 0 Å². The van der Waals surface area contributed by atoms with Gasteiger partial charge in [-0.15, -0.1) is 0 Å². The van der Waals surface area contributed by atoms with Crippen LogP contribution in [0.5, 0.6) is 28.7 Å². The molecule has 0 heterocycles. The predicted octanol–water partition coefficient (Wildman–Crippen LogP) is 10.9. The number of ether oxygens (including phenoxy) is 5. The molecule has 8 nitrogen and oxygen atoms in total. The summed E-state index contributed by atoms with van der Waals surface area (Å²) in [5, 5.41) is 10.0. The molecule has 62 heavy (non-hydrogen) atoms. The van der Waals surface area contributed by atoms with Gasteiger partial charge >= 0.3 is 11.9 Å². The lowest BCUT2D eigenvalue weighted by Crippen LogP contribution is -2.12. The summed E-state index contributed by atoms with van der Waals surface area (Å²) in [6.45, 7) is 0. The van der Waals surface area contributed by atoms with E-state index in [-0.39, 0.29) is 11.3 Å². The van der Waals surface area contributed by atoms with Crippen LogP contribution in [0.1, 0.15) is 82.8 Å². The molecule has 0 atom stereocenters. The molecular weight excluding hydrogens is 777 g/mol. The molecule has 2 aliphatic rings. The first-order valence-electron chi connectivity index (χ1n) is 21.0. The van der Waals surface area contributed by atoms with Crippen molar-refractivity contribution in [2.45, 2.75) is 51.4 Å². The Morgan fingerprint density at radius 1 is 0.597 bits per heavy atom. The molecule has 0 unspecified atom stereocenters. The first-order chi connectivity index (χ1) is 30.2. The average molecular weight is 827 g/mol. The second-order valence-electron chi connectivity index (χ2n) is 15.8. The van der Waals surface area contributed by atoms with Crippen LogP contribution in [-0.2, 0) is 44.9 Å². The molecule has 1 N–H and O–H groups in total. The number of carbonyl (C=O) groups is 2. The molecule has 8 heteroatoms. The molecule has 6 aromatic rings. The Balaban J connectivity index is 0.931. The number of carbonyl (C=O) groups excluding carboxylic acids is 1. The number of aryl methyl sites for hydroxylation is 5. The molecule has 6 aromatic carbocycles. The van der Waals surface area contributed by atoms with E-state index in [9.17, 15) is 14.7 Å². The van der Waals surface area contributed by atoms with E-state index in [1.54, 1.807) is 52.7 Å². The fourth-order valence-corrected chi connectivity index (χ4v) is 8.77. The Kier molecular flexibility index (Phi) is 12.6. The van der Waals surface area contributed by atoms with Crippen LogP contribution in [0, 0.1) is 0 Å². The third-order valence-electron chi connectivity index (χ3n) is 11.9. The number of rotatable bonds is 16. The number of aromatic carboxylic acids is 1. The van der Waals surface area contributed by atoms with Gasteiger partial charge in [0.1, 0.15) is 34.3 Å². The van der Waals surface area contributed by atoms with Crippen LogP contribution in [-0.4, -0.2) is 45.5 Å². The number of fused-ring (bicyclic) bond motifs is 2. The standard InChI is InChI=1S/C54H50O8/c1-58-45-27-36(28-46(32-45)59-2)25-43-22-20-40-9-5-7-38(51(40)43)16-11-34-12-18-42(19-13-34)54(57)62-50-31-35(15-24-49(50)53(55)56)14-17-39-8-6-10-41-21-23-44(52(39)41)26-37-29-47(60-3)33-48(30-37)61-4/h5-10,12-13,15,18-19,22,24,26-33H,11,14,16-17,20-21,23,25H2,1-4H3,(H,55,56)/b44-26+. The summed E-state index contributed by atoms with van der Waals surface area (Å²) < 4.78 is 27.9.